The van der Waals surface area contributed by atoms with Gasteiger partial charge in [0.05, 0.1) is 19.8 Å². The number of cyclic esters (lactones) is 1. The summed E-state index contributed by atoms with van der Waals surface area (Å²) in [5, 5.41) is 79.5. The molecule has 3 heterocycles. The molecular formula is C24H39N3O16. The van der Waals surface area contributed by atoms with E-state index in [1.165, 1.54) is 0 Å². The molecule has 3 aliphatic rings. The lowest BCUT2D eigenvalue weighted by atomic mass is 9.93. The van der Waals surface area contributed by atoms with E-state index >= 15 is 0 Å². The highest BCUT2D eigenvalue weighted by atomic mass is 16.7. The number of carbonyl (C=O) groups is 4. The van der Waals surface area contributed by atoms with Crippen molar-refractivity contribution in [3.05, 3.63) is 0 Å². The van der Waals surface area contributed by atoms with E-state index in [1.807, 2.05) is 0 Å². The van der Waals surface area contributed by atoms with Gasteiger partial charge in [-0.2, -0.15) is 0 Å². The van der Waals surface area contributed by atoms with Gasteiger partial charge in [-0.25, -0.2) is 4.79 Å². The molecule has 3 rings (SSSR count). The van der Waals surface area contributed by atoms with Crippen molar-refractivity contribution in [1.82, 2.24) is 16.0 Å². The van der Waals surface area contributed by atoms with Crippen molar-refractivity contribution in [1.29, 1.82) is 0 Å². The summed E-state index contributed by atoms with van der Waals surface area (Å²) in [6.45, 7) is 0.856. The second kappa shape index (κ2) is 14.9. The number of aliphatic hydroxyl groups excluding tert-OH is 7. The molecular weight excluding hydrogens is 586 g/mol. The van der Waals surface area contributed by atoms with E-state index in [-0.39, 0.29) is 0 Å². The Morgan fingerprint density at radius 2 is 1.09 bits per heavy atom. The second-order valence-electron chi connectivity index (χ2n) is 10.4. The van der Waals surface area contributed by atoms with Crippen molar-refractivity contribution in [2.24, 2.45) is 0 Å². The van der Waals surface area contributed by atoms with Gasteiger partial charge in [0.15, 0.2) is 24.7 Å². The largest absolute Gasteiger partial charge is 0.455 e. The number of hydrogen-bond donors (Lipinski definition) is 10. The maximum absolute atomic E-state index is 12.3. The maximum atomic E-state index is 12.3. The van der Waals surface area contributed by atoms with E-state index < -0.39 is 129 Å². The van der Waals surface area contributed by atoms with Crippen LogP contribution in [-0.2, 0) is 42.9 Å². The highest BCUT2D eigenvalue weighted by Crippen LogP contribution is 2.32. The van der Waals surface area contributed by atoms with Crippen LogP contribution in [0.5, 0.6) is 0 Å². The summed E-state index contributed by atoms with van der Waals surface area (Å²) in [5.41, 5.74) is 0. The molecule has 0 radical (unpaired) electrons. The van der Waals surface area contributed by atoms with Crippen molar-refractivity contribution < 1.29 is 78.6 Å². The fourth-order valence-electron chi connectivity index (χ4n) is 5.15. The Hall–Kier alpha value is -2.56. The van der Waals surface area contributed by atoms with Crippen LogP contribution in [0.15, 0.2) is 0 Å². The molecule has 3 amide bonds. The van der Waals surface area contributed by atoms with Crippen LogP contribution in [0, 0.1) is 0 Å². The molecule has 43 heavy (non-hydrogen) atoms. The number of amides is 3. The lowest BCUT2D eigenvalue weighted by molar-refractivity contribution is -0.343. The fraction of sp³-hybridized carbons (Fsp3) is 0.833. The van der Waals surface area contributed by atoms with E-state index in [2.05, 4.69) is 16.0 Å². The zero-order valence-corrected chi connectivity index (χ0v) is 23.5. The van der Waals surface area contributed by atoms with E-state index in [0.29, 0.717) is 0 Å². The van der Waals surface area contributed by atoms with Crippen LogP contribution < -0.4 is 16.0 Å². The van der Waals surface area contributed by atoms with Gasteiger partial charge in [0.1, 0.15) is 60.9 Å². The molecule has 0 unspecified atom stereocenters. The first-order valence-corrected chi connectivity index (χ1v) is 13.4. The minimum absolute atomic E-state index is 0.651. The first kappa shape index (κ1) is 34.9. The third kappa shape index (κ3) is 7.94. The van der Waals surface area contributed by atoms with Gasteiger partial charge in [0, 0.05) is 20.8 Å². The molecule has 246 valence electrons. The summed E-state index contributed by atoms with van der Waals surface area (Å²) in [7, 11) is 0. The molecule has 0 aliphatic carbocycles. The smallest absolute Gasteiger partial charge is 0.331 e. The van der Waals surface area contributed by atoms with Crippen LogP contribution in [0.2, 0.25) is 0 Å². The average molecular weight is 626 g/mol. The van der Waals surface area contributed by atoms with Gasteiger partial charge in [-0.1, -0.05) is 0 Å². The molecule has 0 saturated carbocycles. The summed E-state index contributed by atoms with van der Waals surface area (Å²) in [6.07, 6.45) is -17.7. The van der Waals surface area contributed by atoms with Crippen LogP contribution >= 0.6 is 0 Å². The zero-order chi connectivity index (χ0) is 32.2. The third-order valence-electron chi connectivity index (χ3n) is 7.16. The van der Waals surface area contributed by atoms with Crippen molar-refractivity contribution in [3.63, 3.8) is 0 Å². The van der Waals surface area contributed by atoms with E-state index in [1.54, 1.807) is 0 Å². The van der Waals surface area contributed by atoms with Gasteiger partial charge in [-0.05, 0) is 0 Å². The van der Waals surface area contributed by atoms with Crippen molar-refractivity contribution in [2.75, 3.05) is 19.8 Å². The Kier molecular flexibility index (Phi) is 12.1. The van der Waals surface area contributed by atoms with Gasteiger partial charge in [0.25, 0.3) is 0 Å². The summed E-state index contributed by atoms with van der Waals surface area (Å²) in [4.78, 5) is 47.7. The molecule has 0 bridgehead atoms. The Balaban J connectivity index is 1.90. The SMILES string of the molecule is CC(=O)N[C@H]1[C@H](O[C@H]2[C@H](O)[C@@H](NC(C)=O)C(=O)O[C@@H]2CO)O[C@H](CO)[C@@H](O[C@@H]2O[C@H](CO)[C@@H](O)[C@H](O)[C@H]2NC(C)=O)[C@@H]1O. The van der Waals surface area contributed by atoms with Crippen LogP contribution in [0.3, 0.4) is 0 Å². The molecule has 19 heteroatoms. The molecule has 0 spiro atoms. The van der Waals surface area contributed by atoms with Gasteiger partial charge in [0.2, 0.25) is 17.7 Å². The van der Waals surface area contributed by atoms with Gasteiger partial charge < -0.3 is 75.4 Å². The van der Waals surface area contributed by atoms with Crippen molar-refractivity contribution in [3.8, 4) is 0 Å². The molecule has 19 nitrogen and oxygen atoms in total. The van der Waals surface area contributed by atoms with E-state index in [4.69, 9.17) is 23.7 Å². The van der Waals surface area contributed by atoms with Gasteiger partial charge in [-0.15, -0.1) is 0 Å². The van der Waals surface area contributed by atoms with Crippen molar-refractivity contribution >= 4 is 23.7 Å². The quantitative estimate of drug-likeness (QED) is 0.101. The Morgan fingerprint density at radius 3 is 1.56 bits per heavy atom. The summed E-state index contributed by atoms with van der Waals surface area (Å²) in [6, 6.07) is -4.53. The second-order valence-corrected chi connectivity index (χ2v) is 10.4. The number of carbonyl (C=O) groups excluding carboxylic acids is 4. The lowest BCUT2D eigenvalue weighted by Crippen LogP contribution is -2.70. The molecule has 0 aromatic heterocycles. The first-order chi connectivity index (χ1) is 20.2. The minimum atomic E-state index is -1.79. The highest BCUT2D eigenvalue weighted by Gasteiger charge is 2.54. The van der Waals surface area contributed by atoms with Crippen LogP contribution in [-0.4, -0.2) is 165 Å². The van der Waals surface area contributed by atoms with Crippen LogP contribution in [0.4, 0.5) is 0 Å². The summed E-state index contributed by atoms with van der Waals surface area (Å²) in [5.74, 6) is -3.09. The predicted octanol–water partition coefficient (Wildman–Crippen LogP) is -6.93. The minimum Gasteiger partial charge on any atom is -0.455 e. The third-order valence-corrected chi connectivity index (χ3v) is 7.16. The highest BCUT2D eigenvalue weighted by molar-refractivity contribution is 5.84. The predicted molar refractivity (Wildman–Crippen MR) is 135 cm³/mol. The zero-order valence-electron chi connectivity index (χ0n) is 23.5. The molecule has 0 aromatic rings. The summed E-state index contributed by atoms with van der Waals surface area (Å²) >= 11 is 0. The maximum Gasteiger partial charge on any atom is 0.331 e. The normalized spacial score (nSPS) is 41.6. The molecule has 14 atom stereocenters. The van der Waals surface area contributed by atoms with Crippen molar-refractivity contribution in [2.45, 2.75) is 106 Å². The molecule has 3 saturated heterocycles. The molecule has 3 aliphatic heterocycles. The van der Waals surface area contributed by atoms with Crippen LogP contribution in [0.1, 0.15) is 20.8 Å². The molecule has 10 N–H and O–H groups in total. The average Bonchev–Trinajstić information content (AvgIpc) is 2.94. The van der Waals surface area contributed by atoms with E-state index in [9.17, 15) is 54.9 Å². The first-order valence-electron chi connectivity index (χ1n) is 13.4. The van der Waals surface area contributed by atoms with Gasteiger partial charge in [-0.3, -0.25) is 14.4 Å². The Bertz CT molecular complexity index is 1000. The number of rotatable bonds is 10. The summed E-state index contributed by atoms with van der Waals surface area (Å²) < 4.78 is 28.0. The Labute approximate surface area is 245 Å². The number of nitrogens with one attached hydrogen (secondary N) is 3. The number of esters is 1. The standard InChI is InChI=1S/C24H39N3O16/c1-7(31)25-13-18(36)20(11(5-29)39-22(13)38)42-24-15(27-9(3)33)19(37)21(12(6-30)41-24)43-23-14(26-8(2)32)17(35)16(34)10(4-28)40-23/h10-21,23-24,28-30,34-37H,4-6H2,1-3H3,(H,25,31)(H,26,32)(H,27,33)/t10-,11-,12-,13-,14-,15-,16-,17-,18-,19-,20-,21-,23+,24+/m1/s1. The Morgan fingerprint density at radius 1 is 0.651 bits per heavy atom. The van der Waals surface area contributed by atoms with E-state index in [0.717, 1.165) is 20.8 Å². The number of hydrogen-bond acceptors (Lipinski definition) is 16. The fourth-order valence-corrected chi connectivity index (χ4v) is 5.15. The number of ether oxygens (including phenoxy) is 5. The van der Waals surface area contributed by atoms with Crippen LogP contribution in [0.25, 0.3) is 0 Å². The molecule has 0 aromatic carbocycles. The monoisotopic (exact) mass is 625 g/mol. The van der Waals surface area contributed by atoms with Gasteiger partial charge >= 0.3 is 5.97 Å². The number of aliphatic hydroxyl groups is 7. The topological polar surface area (TPSA) is 292 Å². The molecule has 3 fully saturated rings. The lowest BCUT2D eigenvalue weighted by Gasteiger charge is -2.49.